The van der Waals surface area contributed by atoms with Crippen molar-refractivity contribution < 1.29 is 4.42 Å². The van der Waals surface area contributed by atoms with Crippen molar-refractivity contribution in [2.45, 2.75) is 19.3 Å². The molecule has 0 spiro atoms. The fourth-order valence-electron chi connectivity index (χ4n) is 7.33. The summed E-state index contributed by atoms with van der Waals surface area (Å²) in [5, 5.41) is 7.01. The van der Waals surface area contributed by atoms with Crippen molar-refractivity contribution in [3.63, 3.8) is 0 Å². The van der Waals surface area contributed by atoms with Crippen LogP contribution in [0.25, 0.3) is 54.6 Å². The summed E-state index contributed by atoms with van der Waals surface area (Å²) in [6.45, 7) is 4.68. The van der Waals surface area contributed by atoms with Crippen molar-refractivity contribution in [3.8, 4) is 11.1 Å². The number of nitrogens with zero attached hydrogens (tertiary/aromatic N) is 1. The first-order chi connectivity index (χ1) is 21.1. The van der Waals surface area contributed by atoms with E-state index in [1.807, 2.05) is 0 Å². The molecule has 0 unspecified atom stereocenters. The molecule has 0 aliphatic heterocycles. The maximum atomic E-state index is 6.90. The molecule has 2 heteroatoms. The molecule has 0 N–H and O–H groups in total. The Bertz CT molecular complexity index is 2390. The molecule has 0 radical (unpaired) electrons. The molecule has 0 bridgehead atoms. The molecule has 9 rings (SSSR count). The highest BCUT2D eigenvalue weighted by Crippen LogP contribution is 2.55. The zero-order valence-electron chi connectivity index (χ0n) is 24.1. The maximum absolute atomic E-state index is 6.90. The van der Waals surface area contributed by atoms with E-state index in [2.05, 4.69) is 158 Å². The van der Waals surface area contributed by atoms with Gasteiger partial charge in [0.15, 0.2) is 5.58 Å². The van der Waals surface area contributed by atoms with Gasteiger partial charge in [-0.25, -0.2) is 0 Å². The van der Waals surface area contributed by atoms with Gasteiger partial charge in [-0.1, -0.05) is 123 Å². The second kappa shape index (κ2) is 8.83. The van der Waals surface area contributed by atoms with Gasteiger partial charge in [-0.3, -0.25) is 0 Å². The van der Waals surface area contributed by atoms with Gasteiger partial charge in [0.05, 0.1) is 11.4 Å². The third kappa shape index (κ3) is 3.41. The van der Waals surface area contributed by atoms with Crippen LogP contribution in [0, 0.1) is 0 Å². The van der Waals surface area contributed by atoms with Crippen LogP contribution in [-0.4, -0.2) is 0 Å². The number of rotatable bonds is 3. The number of hydrogen-bond donors (Lipinski definition) is 0. The SMILES string of the molecule is CC1(C)c2ccccc2-c2c(N(c3ccc4ccccc4c3)c3cccc4c3oc3c5ccccc5ccc43)cccc21. The molecule has 0 saturated carbocycles. The van der Waals surface area contributed by atoms with Crippen molar-refractivity contribution in [1.29, 1.82) is 0 Å². The summed E-state index contributed by atoms with van der Waals surface area (Å²) < 4.78 is 6.90. The quantitative estimate of drug-likeness (QED) is 0.217. The Hall–Kier alpha value is -5.34. The summed E-state index contributed by atoms with van der Waals surface area (Å²) in [5.41, 5.74) is 10.3. The molecule has 0 saturated heterocycles. The van der Waals surface area contributed by atoms with Gasteiger partial charge in [0.1, 0.15) is 5.58 Å². The second-order valence-corrected chi connectivity index (χ2v) is 12.2. The Morgan fingerprint density at radius 2 is 1.14 bits per heavy atom. The predicted molar refractivity (Wildman–Crippen MR) is 181 cm³/mol. The first-order valence-corrected chi connectivity index (χ1v) is 14.9. The van der Waals surface area contributed by atoms with Crippen LogP contribution in [0.2, 0.25) is 0 Å². The fourth-order valence-corrected chi connectivity index (χ4v) is 7.33. The third-order valence-corrected chi connectivity index (χ3v) is 9.43. The standard InChI is InChI=1S/C41H29NO/c1-41(2)34-17-8-7-15-33(34)38-35(41)18-10-19-36(38)42(29-23-21-26-11-3-4-13-28(26)25-29)37-20-9-16-31-32-24-22-27-12-5-6-14-30(27)39(32)43-40(31)37/h3-25H,1-2H3. The van der Waals surface area contributed by atoms with Crippen LogP contribution in [0.15, 0.2) is 144 Å². The average Bonchev–Trinajstić information content (AvgIpc) is 3.55. The van der Waals surface area contributed by atoms with Gasteiger partial charge in [0, 0.05) is 32.8 Å². The Kier molecular flexibility index (Phi) is 4.99. The fraction of sp³-hybridized carbons (Fsp3) is 0.0732. The summed E-state index contributed by atoms with van der Waals surface area (Å²) in [4.78, 5) is 2.41. The van der Waals surface area contributed by atoms with Crippen LogP contribution in [-0.2, 0) is 5.41 Å². The summed E-state index contributed by atoms with van der Waals surface area (Å²) in [6, 6.07) is 50.4. The van der Waals surface area contributed by atoms with E-state index in [1.54, 1.807) is 0 Å². The van der Waals surface area contributed by atoms with E-state index in [-0.39, 0.29) is 5.41 Å². The molecule has 0 fully saturated rings. The highest BCUT2D eigenvalue weighted by molar-refractivity contribution is 6.18. The largest absolute Gasteiger partial charge is 0.453 e. The average molecular weight is 552 g/mol. The summed E-state index contributed by atoms with van der Waals surface area (Å²) in [6.07, 6.45) is 0. The number of fused-ring (bicyclic) bond motifs is 9. The van der Waals surface area contributed by atoms with E-state index in [1.165, 1.54) is 38.4 Å². The van der Waals surface area contributed by atoms with Crippen molar-refractivity contribution >= 4 is 60.5 Å². The van der Waals surface area contributed by atoms with Crippen molar-refractivity contribution in [2.75, 3.05) is 4.90 Å². The van der Waals surface area contributed by atoms with E-state index in [0.29, 0.717) is 0 Å². The van der Waals surface area contributed by atoms with E-state index in [0.717, 1.165) is 44.4 Å². The Morgan fingerprint density at radius 3 is 2.05 bits per heavy atom. The lowest BCUT2D eigenvalue weighted by molar-refractivity contribution is 0.660. The Morgan fingerprint density at radius 1 is 0.488 bits per heavy atom. The molecule has 0 atom stereocenters. The summed E-state index contributed by atoms with van der Waals surface area (Å²) >= 11 is 0. The van der Waals surface area contributed by atoms with Gasteiger partial charge < -0.3 is 9.32 Å². The smallest absolute Gasteiger partial charge is 0.159 e. The molecule has 7 aromatic carbocycles. The van der Waals surface area contributed by atoms with Gasteiger partial charge in [-0.15, -0.1) is 0 Å². The molecule has 0 amide bonds. The van der Waals surface area contributed by atoms with E-state index in [4.69, 9.17) is 4.42 Å². The predicted octanol–water partition coefficient (Wildman–Crippen LogP) is 11.7. The first kappa shape index (κ1) is 24.3. The van der Waals surface area contributed by atoms with Crippen LogP contribution in [0.4, 0.5) is 17.1 Å². The molecule has 8 aromatic rings. The molecular weight excluding hydrogens is 522 g/mol. The number of anilines is 3. The van der Waals surface area contributed by atoms with Crippen LogP contribution in [0.1, 0.15) is 25.0 Å². The molecule has 204 valence electrons. The minimum atomic E-state index is -0.0960. The zero-order chi connectivity index (χ0) is 28.7. The topological polar surface area (TPSA) is 16.4 Å². The zero-order valence-corrected chi connectivity index (χ0v) is 24.1. The van der Waals surface area contributed by atoms with Gasteiger partial charge in [0.2, 0.25) is 0 Å². The van der Waals surface area contributed by atoms with E-state index in [9.17, 15) is 0 Å². The molecule has 1 aliphatic carbocycles. The van der Waals surface area contributed by atoms with Crippen molar-refractivity contribution in [2.24, 2.45) is 0 Å². The number of para-hydroxylation sites is 1. The molecule has 1 heterocycles. The van der Waals surface area contributed by atoms with E-state index < -0.39 is 0 Å². The molecule has 2 nitrogen and oxygen atoms in total. The molecule has 1 aromatic heterocycles. The van der Waals surface area contributed by atoms with Gasteiger partial charge in [0.25, 0.3) is 0 Å². The lowest BCUT2D eigenvalue weighted by Gasteiger charge is -2.29. The van der Waals surface area contributed by atoms with Crippen molar-refractivity contribution in [3.05, 3.63) is 151 Å². The van der Waals surface area contributed by atoms with E-state index >= 15 is 0 Å². The summed E-state index contributed by atoms with van der Waals surface area (Å²) in [5.74, 6) is 0. The van der Waals surface area contributed by atoms with Crippen LogP contribution < -0.4 is 4.90 Å². The second-order valence-electron chi connectivity index (χ2n) is 12.2. The molecular formula is C41H29NO. The normalized spacial score (nSPS) is 13.5. The number of hydrogen-bond acceptors (Lipinski definition) is 2. The first-order valence-electron chi connectivity index (χ1n) is 14.9. The third-order valence-electron chi connectivity index (χ3n) is 9.43. The lowest BCUT2D eigenvalue weighted by atomic mass is 9.82. The van der Waals surface area contributed by atoms with Gasteiger partial charge >= 0.3 is 0 Å². The Balaban J connectivity index is 1.39. The minimum absolute atomic E-state index is 0.0960. The minimum Gasteiger partial charge on any atom is -0.453 e. The van der Waals surface area contributed by atoms with Gasteiger partial charge in [-0.2, -0.15) is 0 Å². The summed E-state index contributed by atoms with van der Waals surface area (Å²) in [7, 11) is 0. The molecule has 43 heavy (non-hydrogen) atoms. The molecule has 1 aliphatic rings. The van der Waals surface area contributed by atoms with Crippen LogP contribution >= 0.6 is 0 Å². The van der Waals surface area contributed by atoms with Crippen molar-refractivity contribution in [1.82, 2.24) is 0 Å². The van der Waals surface area contributed by atoms with Crippen LogP contribution in [0.5, 0.6) is 0 Å². The maximum Gasteiger partial charge on any atom is 0.159 e. The van der Waals surface area contributed by atoms with Gasteiger partial charge in [-0.05, 0) is 63.2 Å². The lowest BCUT2D eigenvalue weighted by Crippen LogP contribution is -2.16. The van der Waals surface area contributed by atoms with Crippen LogP contribution in [0.3, 0.4) is 0 Å². The Labute approximate surface area is 250 Å². The highest BCUT2D eigenvalue weighted by Gasteiger charge is 2.38. The number of benzene rings is 7. The highest BCUT2D eigenvalue weighted by atomic mass is 16.3. The monoisotopic (exact) mass is 551 g/mol. The number of furan rings is 1.